The third-order valence-electron chi connectivity index (χ3n) is 4.81. The van der Waals surface area contributed by atoms with Crippen LogP contribution in [-0.4, -0.2) is 28.7 Å². The molecule has 1 N–H and O–H groups in total. The average Bonchev–Trinajstić information content (AvgIpc) is 2.73. The van der Waals surface area contributed by atoms with Crippen LogP contribution in [-0.2, 0) is 11.3 Å². The minimum Gasteiger partial charge on any atom is -0.486 e. The Balaban J connectivity index is 1.40. The average molecular weight is 458 g/mol. The highest BCUT2D eigenvalue weighted by molar-refractivity contribution is 9.10. The SMILES string of the molecule is CC(NC(=O)CCn1cnc2ccc(Br)cc2c1=O)c1ccc2c(c1)OCCO2. The van der Waals surface area contributed by atoms with Crippen LogP contribution in [0.4, 0.5) is 0 Å². The summed E-state index contributed by atoms with van der Waals surface area (Å²) in [4.78, 5) is 29.3. The quantitative estimate of drug-likeness (QED) is 0.635. The Kier molecular flexibility index (Phi) is 5.53. The molecule has 8 heteroatoms. The molecule has 1 aliphatic heterocycles. The number of carbonyl (C=O) groups excluding carboxylic acids is 1. The van der Waals surface area contributed by atoms with Crippen LogP contribution in [0.1, 0.15) is 24.9 Å². The lowest BCUT2D eigenvalue weighted by Crippen LogP contribution is -2.29. The van der Waals surface area contributed by atoms with Crippen molar-refractivity contribution in [3.63, 3.8) is 0 Å². The summed E-state index contributed by atoms with van der Waals surface area (Å²) in [6.07, 6.45) is 1.66. The highest BCUT2D eigenvalue weighted by Gasteiger charge is 2.16. The topological polar surface area (TPSA) is 82.5 Å². The molecule has 0 aliphatic carbocycles. The monoisotopic (exact) mass is 457 g/mol. The second kappa shape index (κ2) is 8.24. The fraction of sp³-hybridized carbons (Fsp3) is 0.286. The van der Waals surface area contributed by atoms with Crippen molar-refractivity contribution in [3.8, 4) is 11.5 Å². The van der Waals surface area contributed by atoms with Gasteiger partial charge in [-0.3, -0.25) is 14.2 Å². The predicted molar refractivity (Wildman–Crippen MR) is 112 cm³/mol. The van der Waals surface area contributed by atoms with Gasteiger partial charge in [-0.05, 0) is 42.8 Å². The van der Waals surface area contributed by atoms with Crippen molar-refractivity contribution in [2.45, 2.75) is 25.9 Å². The van der Waals surface area contributed by atoms with Crippen molar-refractivity contribution in [2.24, 2.45) is 0 Å². The van der Waals surface area contributed by atoms with Gasteiger partial charge in [-0.1, -0.05) is 22.0 Å². The second-order valence-corrected chi connectivity index (χ2v) is 7.76. The lowest BCUT2D eigenvalue weighted by Gasteiger charge is -2.21. The van der Waals surface area contributed by atoms with Crippen LogP contribution in [0.15, 0.2) is 52.0 Å². The molecule has 0 saturated heterocycles. The predicted octanol–water partition coefficient (Wildman–Crippen LogP) is 3.20. The molecule has 29 heavy (non-hydrogen) atoms. The van der Waals surface area contributed by atoms with Crippen molar-refractivity contribution in [1.29, 1.82) is 0 Å². The molecule has 150 valence electrons. The highest BCUT2D eigenvalue weighted by Crippen LogP contribution is 2.32. The minimum absolute atomic E-state index is 0.145. The molecule has 2 heterocycles. The number of fused-ring (bicyclic) bond motifs is 2. The number of aromatic nitrogens is 2. The Hall–Kier alpha value is -2.87. The number of halogens is 1. The van der Waals surface area contributed by atoms with Crippen molar-refractivity contribution in [3.05, 3.63) is 63.1 Å². The fourth-order valence-electron chi connectivity index (χ4n) is 3.24. The van der Waals surface area contributed by atoms with E-state index in [-0.39, 0.29) is 30.5 Å². The molecule has 3 aromatic rings. The lowest BCUT2D eigenvalue weighted by molar-refractivity contribution is -0.121. The molecule has 1 atom stereocenters. The number of carbonyl (C=O) groups is 1. The van der Waals surface area contributed by atoms with Crippen molar-refractivity contribution < 1.29 is 14.3 Å². The Morgan fingerprint density at radius 3 is 2.83 bits per heavy atom. The van der Waals surface area contributed by atoms with Gasteiger partial charge in [0.25, 0.3) is 5.56 Å². The van der Waals surface area contributed by atoms with E-state index >= 15 is 0 Å². The first-order valence-electron chi connectivity index (χ1n) is 9.35. The molecule has 7 nitrogen and oxygen atoms in total. The highest BCUT2D eigenvalue weighted by atomic mass is 79.9. The van der Waals surface area contributed by atoms with Crippen LogP contribution in [0, 0.1) is 0 Å². The summed E-state index contributed by atoms with van der Waals surface area (Å²) in [6.45, 7) is 3.22. The first kappa shape index (κ1) is 19.4. The summed E-state index contributed by atoms with van der Waals surface area (Å²) >= 11 is 3.37. The molecular weight excluding hydrogens is 438 g/mol. The molecule has 0 fully saturated rings. The normalized spacial score (nSPS) is 13.9. The number of rotatable bonds is 5. The van der Waals surface area contributed by atoms with Gasteiger partial charge in [0.1, 0.15) is 13.2 Å². The van der Waals surface area contributed by atoms with E-state index in [2.05, 4.69) is 26.2 Å². The van der Waals surface area contributed by atoms with E-state index < -0.39 is 0 Å². The summed E-state index contributed by atoms with van der Waals surface area (Å²) in [5.74, 6) is 1.26. The molecule has 1 amide bonds. The number of aryl methyl sites for hydroxylation is 1. The summed E-state index contributed by atoms with van der Waals surface area (Å²) in [7, 11) is 0. The Morgan fingerprint density at radius 2 is 2.00 bits per heavy atom. The molecule has 1 aliphatic rings. The molecule has 4 rings (SSSR count). The largest absolute Gasteiger partial charge is 0.486 e. The number of nitrogens with one attached hydrogen (secondary N) is 1. The van der Waals surface area contributed by atoms with Crippen molar-refractivity contribution >= 4 is 32.7 Å². The molecule has 0 spiro atoms. The van der Waals surface area contributed by atoms with E-state index in [4.69, 9.17) is 9.47 Å². The van der Waals surface area contributed by atoms with E-state index in [1.54, 1.807) is 12.1 Å². The van der Waals surface area contributed by atoms with E-state index in [0.29, 0.717) is 35.6 Å². The van der Waals surface area contributed by atoms with Crippen LogP contribution in [0.25, 0.3) is 10.9 Å². The van der Waals surface area contributed by atoms with Gasteiger partial charge < -0.3 is 14.8 Å². The molecule has 1 aromatic heterocycles. The molecule has 1 unspecified atom stereocenters. The maximum atomic E-state index is 12.6. The molecule has 2 aromatic carbocycles. The number of nitrogens with zero attached hydrogens (tertiary/aromatic N) is 2. The van der Waals surface area contributed by atoms with E-state index in [0.717, 1.165) is 10.0 Å². The van der Waals surface area contributed by atoms with Gasteiger partial charge in [0.15, 0.2) is 11.5 Å². The Labute approximate surface area is 175 Å². The first-order chi connectivity index (χ1) is 14.0. The third kappa shape index (κ3) is 4.27. The standard InChI is InChI=1S/C21H20BrN3O4/c1-13(14-2-5-18-19(10-14)29-9-8-28-18)24-20(26)6-7-25-12-23-17-4-3-15(22)11-16(17)21(25)27/h2-5,10-13H,6-9H2,1H3,(H,24,26). The van der Waals surface area contributed by atoms with Gasteiger partial charge in [-0.15, -0.1) is 0 Å². The lowest BCUT2D eigenvalue weighted by atomic mass is 10.1. The minimum atomic E-state index is -0.194. The Morgan fingerprint density at radius 1 is 1.21 bits per heavy atom. The second-order valence-electron chi connectivity index (χ2n) is 6.85. The Bertz CT molecular complexity index is 1130. The maximum absolute atomic E-state index is 12.6. The van der Waals surface area contributed by atoms with Gasteiger partial charge in [0.2, 0.25) is 5.91 Å². The number of hydrogen-bond donors (Lipinski definition) is 1. The van der Waals surface area contributed by atoms with Crippen molar-refractivity contribution in [1.82, 2.24) is 14.9 Å². The van der Waals surface area contributed by atoms with Crippen LogP contribution in [0.3, 0.4) is 0 Å². The molecule has 0 bridgehead atoms. The van der Waals surface area contributed by atoms with Gasteiger partial charge >= 0.3 is 0 Å². The zero-order valence-electron chi connectivity index (χ0n) is 15.9. The van der Waals surface area contributed by atoms with Crippen LogP contribution >= 0.6 is 15.9 Å². The van der Waals surface area contributed by atoms with E-state index in [9.17, 15) is 9.59 Å². The number of amides is 1. The van der Waals surface area contributed by atoms with Gasteiger partial charge in [0.05, 0.1) is 23.3 Å². The number of ether oxygens (including phenoxy) is 2. The summed E-state index contributed by atoms with van der Waals surface area (Å²) < 4.78 is 13.4. The number of hydrogen-bond acceptors (Lipinski definition) is 5. The third-order valence-corrected chi connectivity index (χ3v) is 5.30. The zero-order chi connectivity index (χ0) is 20.4. The fourth-order valence-corrected chi connectivity index (χ4v) is 3.60. The molecule has 0 saturated carbocycles. The summed E-state index contributed by atoms with van der Waals surface area (Å²) in [5, 5.41) is 3.48. The van der Waals surface area contributed by atoms with Crippen LogP contribution in [0.5, 0.6) is 11.5 Å². The van der Waals surface area contributed by atoms with Crippen LogP contribution < -0.4 is 20.3 Å². The molecular formula is C21H20BrN3O4. The van der Waals surface area contributed by atoms with Crippen LogP contribution in [0.2, 0.25) is 0 Å². The smallest absolute Gasteiger partial charge is 0.261 e. The first-order valence-corrected chi connectivity index (χ1v) is 10.1. The number of benzene rings is 2. The zero-order valence-corrected chi connectivity index (χ0v) is 17.4. The van der Waals surface area contributed by atoms with Gasteiger partial charge in [0, 0.05) is 17.4 Å². The summed E-state index contributed by atoms with van der Waals surface area (Å²) in [6, 6.07) is 10.8. The van der Waals surface area contributed by atoms with Gasteiger partial charge in [-0.25, -0.2) is 4.98 Å². The summed E-state index contributed by atoms with van der Waals surface area (Å²) in [5.41, 5.74) is 1.40. The maximum Gasteiger partial charge on any atom is 0.261 e. The van der Waals surface area contributed by atoms with Crippen molar-refractivity contribution in [2.75, 3.05) is 13.2 Å². The van der Waals surface area contributed by atoms with E-state index in [1.165, 1.54) is 10.9 Å². The van der Waals surface area contributed by atoms with E-state index in [1.807, 2.05) is 31.2 Å². The molecule has 0 radical (unpaired) electrons. The van der Waals surface area contributed by atoms with Gasteiger partial charge in [-0.2, -0.15) is 0 Å².